The summed E-state index contributed by atoms with van der Waals surface area (Å²) in [7, 11) is 0. The number of halogens is 1. The zero-order valence-corrected chi connectivity index (χ0v) is 6.68. The Balaban J connectivity index is 2.87. The quantitative estimate of drug-likeness (QED) is 0.652. The third kappa shape index (κ3) is 0.973. The smallest absolute Gasteiger partial charge is 0.160 e. The highest BCUT2D eigenvalue weighted by molar-refractivity contribution is 6.34. The molecule has 56 valence electrons. The Kier molecular flexibility index (Phi) is 1.32. The molecular weight excluding hydrogens is 162 g/mol. The van der Waals surface area contributed by atoms with Gasteiger partial charge in [0.05, 0.1) is 5.39 Å². The number of H-pyrrole nitrogens is 1. The van der Waals surface area contributed by atoms with Crippen molar-refractivity contribution in [3.05, 3.63) is 23.0 Å². The summed E-state index contributed by atoms with van der Waals surface area (Å²) in [5.41, 5.74) is 1.82. The van der Waals surface area contributed by atoms with E-state index in [4.69, 9.17) is 11.6 Å². The topological polar surface area (TPSA) is 41.6 Å². The Hall–Kier alpha value is -1.09. The van der Waals surface area contributed by atoms with Gasteiger partial charge in [-0.3, -0.25) is 5.10 Å². The number of hydrogen-bond acceptors (Lipinski definition) is 2. The predicted molar refractivity (Wildman–Crippen MR) is 43.6 cm³/mol. The lowest BCUT2D eigenvalue weighted by Crippen LogP contribution is -1.77. The molecule has 1 N–H and O–H groups in total. The zero-order chi connectivity index (χ0) is 7.84. The van der Waals surface area contributed by atoms with Gasteiger partial charge in [-0.25, -0.2) is 4.98 Å². The first-order valence-electron chi connectivity index (χ1n) is 3.23. The van der Waals surface area contributed by atoms with E-state index in [-0.39, 0.29) is 0 Å². The molecule has 0 radical (unpaired) electrons. The van der Waals surface area contributed by atoms with Gasteiger partial charge in [-0.2, -0.15) is 5.10 Å². The predicted octanol–water partition coefficient (Wildman–Crippen LogP) is 1.92. The van der Waals surface area contributed by atoms with Crippen molar-refractivity contribution in [2.24, 2.45) is 0 Å². The molecule has 2 aromatic rings. The highest BCUT2D eigenvalue weighted by Crippen LogP contribution is 2.18. The van der Waals surface area contributed by atoms with Gasteiger partial charge >= 0.3 is 0 Å². The van der Waals surface area contributed by atoms with Gasteiger partial charge in [0.15, 0.2) is 10.8 Å². The van der Waals surface area contributed by atoms with Gasteiger partial charge in [-0.05, 0) is 18.6 Å². The van der Waals surface area contributed by atoms with Crippen LogP contribution >= 0.6 is 11.6 Å². The van der Waals surface area contributed by atoms with Crippen LogP contribution in [-0.4, -0.2) is 15.2 Å². The van der Waals surface area contributed by atoms with Gasteiger partial charge in [0.25, 0.3) is 0 Å². The summed E-state index contributed by atoms with van der Waals surface area (Å²) in [5, 5.41) is 7.90. The lowest BCUT2D eigenvalue weighted by molar-refractivity contribution is 1.10. The molecule has 0 aromatic carbocycles. The minimum absolute atomic E-state index is 0.483. The number of nitrogens with one attached hydrogen (secondary N) is 1. The normalized spacial score (nSPS) is 10.7. The molecule has 2 aromatic heterocycles. The highest BCUT2D eigenvalue weighted by atomic mass is 35.5. The molecule has 0 unspecified atom stereocenters. The summed E-state index contributed by atoms with van der Waals surface area (Å²) in [6.45, 7) is 1.97. The monoisotopic (exact) mass is 167 g/mol. The lowest BCUT2D eigenvalue weighted by Gasteiger charge is -1.89. The van der Waals surface area contributed by atoms with E-state index >= 15 is 0 Å². The Morgan fingerprint density at radius 1 is 1.55 bits per heavy atom. The number of pyridine rings is 1. The van der Waals surface area contributed by atoms with Crippen LogP contribution in [0.4, 0.5) is 0 Å². The van der Waals surface area contributed by atoms with E-state index in [0.717, 1.165) is 16.6 Å². The van der Waals surface area contributed by atoms with Crippen molar-refractivity contribution < 1.29 is 0 Å². The van der Waals surface area contributed by atoms with Crippen LogP contribution in [0.15, 0.2) is 12.3 Å². The molecule has 0 spiro atoms. The van der Waals surface area contributed by atoms with Crippen LogP contribution in [0.2, 0.25) is 5.15 Å². The molecule has 11 heavy (non-hydrogen) atoms. The van der Waals surface area contributed by atoms with Gasteiger partial charge in [0, 0.05) is 6.20 Å². The van der Waals surface area contributed by atoms with Gasteiger partial charge < -0.3 is 0 Å². The van der Waals surface area contributed by atoms with E-state index in [1.807, 2.05) is 13.0 Å². The van der Waals surface area contributed by atoms with Crippen molar-refractivity contribution in [1.82, 2.24) is 15.2 Å². The molecule has 0 aliphatic rings. The molecule has 0 aliphatic heterocycles. The minimum Gasteiger partial charge on any atom is -0.259 e. The van der Waals surface area contributed by atoms with E-state index < -0.39 is 0 Å². The van der Waals surface area contributed by atoms with Crippen LogP contribution in [-0.2, 0) is 0 Å². The van der Waals surface area contributed by atoms with Crippen LogP contribution in [0, 0.1) is 6.92 Å². The van der Waals surface area contributed by atoms with Gasteiger partial charge in [-0.15, -0.1) is 0 Å². The summed E-state index contributed by atoms with van der Waals surface area (Å²) in [6.07, 6.45) is 1.77. The number of aromatic nitrogens is 3. The molecule has 0 saturated carbocycles. The minimum atomic E-state index is 0.483. The number of hydrogen-bond donors (Lipinski definition) is 1. The van der Waals surface area contributed by atoms with Gasteiger partial charge in [-0.1, -0.05) is 11.6 Å². The van der Waals surface area contributed by atoms with E-state index in [2.05, 4.69) is 15.2 Å². The molecular formula is C7H6ClN3. The number of aryl methyl sites for hydroxylation is 1. The van der Waals surface area contributed by atoms with Crippen molar-refractivity contribution in [3.63, 3.8) is 0 Å². The average Bonchev–Trinajstić information content (AvgIpc) is 2.33. The maximum Gasteiger partial charge on any atom is 0.160 e. The van der Waals surface area contributed by atoms with Crippen LogP contribution < -0.4 is 0 Å². The number of aromatic amines is 1. The molecule has 2 rings (SSSR count). The molecule has 0 amide bonds. The largest absolute Gasteiger partial charge is 0.259 e. The Morgan fingerprint density at radius 3 is 3.18 bits per heavy atom. The van der Waals surface area contributed by atoms with Crippen molar-refractivity contribution in [2.75, 3.05) is 0 Å². The van der Waals surface area contributed by atoms with Crippen molar-refractivity contribution in [3.8, 4) is 0 Å². The maximum atomic E-state index is 5.76. The van der Waals surface area contributed by atoms with Crippen LogP contribution in [0.5, 0.6) is 0 Å². The molecule has 0 fully saturated rings. The Morgan fingerprint density at radius 2 is 2.36 bits per heavy atom. The molecule has 2 heterocycles. The van der Waals surface area contributed by atoms with Crippen LogP contribution in [0.25, 0.3) is 11.0 Å². The molecule has 3 nitrogen and oxygen atoms in total. The van der Waals surface area contributed by atoms with E-state index in [1.54, 1.807) is 6.20 Å². The fourth-order valence-electron chi connectivity index (χ4n) is 0.978. The van der Waals surface area contributed by atoms with Gasteiger partial charge in [0.1, 0.15) is 0 Å². The first-order chi connectivity index (χ1) is 5.27. The van der Waals surface area contributed by atoms with Crippen molar-refractivity contribution in [2.45, 2.75) is 6.92 Å². The second-order valence-corrected chi connectivity index (χ2v) is 2.78. The molecule has 0 saturated heterocycles. The standard InChI is InChI=1S/C7H6ClN3/c1-4-2-5-6(8)10-11-7(5)9-3-4/h2-3H,1H3,(H,9,10,11). The number of rotatable bonds is 0. The zero-order valence-electron chi connectivity index (χ0n) is 5.93. The van der Waals surface area contributed by atoms with E-state index in [0.29, 0.717) is 5.15 Å². The number of nitrogens with zero attached hydrogens (tertiary/aromatic N) is 2. The summed E-state index contributed by atoms with van der Waals surface area (Å²) in [4.78, 5) is 4.10. The van der Waals surface area contributed by atoms with E-state index in [9.17, 15) is 0 Å². The highest BCUT2D eigenvalue weighted by Gasteiger charge is 2.02. The fourth-order valence-corrected chi connectivity index (χ4v) is 1.16. The first kappa shape index (κ1) is 6.61. The second-order valence-electron chi connectivity index (χ2n) is 2.42. The second kappa shape index (κ2) is 2.20. The number of fused-ring (bicyclic) bond motifs is 1. The molecule has 0 bridgehead atoms. The molecule has 4 heteroatoms. The third-order valence-electron chi connectivity index (χ3n) is 1.51. The Bertz CT molecular complexity index is 393. The van der Waals surface area contributed by atoms with Crippen molar-refractivity contribution >= 4 is 22.6 Å². The summed E-state index contributed by atoms with van der Waals surface area (Å²) < 4.78 is 0. The SMILES string of the molecule is Cc1cnc2[nH]nc(Cl)c2c1. The fraction of sp³-hybridized carbons (Fsp3) is 0.143. The summed E-state index contributed by atoms with van der Waals surface area (Å²) in [6, 6.07) is 1.95. The van der Waals surface area contributed by atoms with Crippen molar-refractivity contribution in [1.29, 1.82) is 0 Å². The van der Waals surface area contributed by atoms with E-state index in [1.165, 1.54) is 0 Å². The van der Waals surface area contributed by atoms with Gasteiger partial charge in [0.2, 0.25) is 0 Å². The van der Waals surface area contributed by atoms with Crippen LogP contribution in [0.1, 0.15) is 5.56 Å². The first-order valence-corrected chi connectivity index (χ1v) is 3.61. The molecule has 0 atom stereocenters. The summed E-state index contributed by atoms with van der Waals surface area (Å²) in [5.74, 6) is 0. The Labute approximate surface area is 68.4 Å². The average molecular weight is 168 g/mol. The summed E-state index contributed by atoms with van der Waals surface area (Å²) >= 11 is 5.76. The van der Waals surface area contributed by atoms with Crippen LogP contribution in [0.3, 0.4) is 0 Å². The maximum absolute atomic E-state index is 5.76. The third-order valence-corrected chi connectivity index (χ3v) is 1.79. The lowest BCUT2D eigenvalue weighted by atomic mass is 10.3. The molecule has 0 aliphatic carbocycles.